The molecule has 0 saturated heterocycles. The zero-order chi connectivity index (χ0) is 29.8. The molecule has 212 valence electrons. The Labute approximate surface area is 249 Å². The standard InChI is InChI=1S/C37H30N2O4/c1-42-34-22-28-9-5-3-7-26(28)20-32(34)36(40)38-30-15-11-24(12-16-30)19-25-13-17-31(18-14-25)39-37(41)33-21-27-8-4-6-10-29(27)23-35(33)43-2/h3-18,20-23H,19H2,1-2H3,(H,38,40)(H,39,41). The molecule has 0 atom stereocenters. The average Bonchev–Trinajstić information content (AvgIpc) is 3.05. The smallest absolute Gasteiger partial charge is 0.259 e. The molecule has 0 aliphatic heterocycles. The van der Waals surface area contributed by atoms with E-state index in [9.17, 15) is 9.59 Å². The van der Waals surface area contributed by atoms with Gasteiger partial charge in [-0.15, -0.1) is 0 Å². The largest absolute Gasteiger partial charge is 0.496 e. The van der Waals surface area contributed by atoms with E-state index in [1.165, 1.54) is 0 Å². The second kappa shape index (κ2) is 12.1. The minimum atomic E-state index is -0.228. The van der Waals surface area contributed by atoms with Crippen molar-refractivity contribution in [1.82, 2.24) is 0 Å². The molecule has 43 heavy (non-hydrogen) atoms. The summed E-state index contributed by atoms with van der Waals surface area (Å²) in [6.07, 6.45) is 0.708. The van der Waals surface area contributed by atoms with Crippen LogP contribution in [0, 0.1) is 0 Å². The first-order valence-corrected chi connectivity index (χ1v) is 13.9. The topological polar surface area (TPSA) is 76.7 Å². The second-order valence-electron chi connectivity index (χ2n) is 10.3. The molecule has 0 aliphatic rings. The van der Waals surface area contributed by atoms with Crippen molar-refractivity contribution in [2.24, 2.45) is 0 Å². The molecule has 6 heteroatoms. The van der Waals surface area contributed by atoms with Gasteiger partial charge in [-0.2, -0.15) is 0 Å². The predicted octanol–water partition coefficient (Wildman–Crippen LogP) is 8.11. The fraction of sp³-hybridized carbons (Fsp3) is 0.0811. The number of hydrogen-bond donors (Lipinski definition) is 2. The van der Waals surface area contributed by atoms with E-state index in [1.54, 1.807) is 14.2 Å². The maximum Gasteiger partial charge on any atom is 0.259 e. The molecule has 0 spiro atoms. The lowest BCUT2D eigenvalue weighted by atomic mass is 10.0. The van der Waals surface area contributed by atoms with Crippen LogP contribution in [-0.4, -0.2) is 26.0 Å². The van der Waals surface area contributed by atoms with Gasteiger partial charge in [-0.25, -0.2) is 0 Å². The lowest BCUT2D eigenvalue weighted by Gasteiger charge is -2.12. The number of amides is 2. The van der Waals surface area contributed by atoms with Crippen LogP contribution in [0.2, 0.25) is 0 Å². The third-order valence-corrected chi connectivity index (χ3v) is 7.46. The number of carbonyl (C=O) groups excluding carboxylic acids is 2. The number of fused-ring (bicyclic) bond motifs is 2. The normalized spacial score (nSPS) is 10.8. The zero-order valence-corrected chi connectivity index (χ0v) is 23.9. The van der Waals surface area contributed by atoms with Crippen molar-refractivity contribution in [1.29, 1.82) is 0 Å². The molecule has 0 saturated carbocycles. The number of carbonyl (C=O) groups is 2. The van der Waals surface area contributed by atoms with Gasteiger partial charge in [-0.3, -0.25) is 9.59 Å². The summed E-state index contributed by atoms with van der Waals surface area (Å²) in [5.74, 6) is 0.608. The molecule has 0 aliphatic carbocycles. The highest BCUT2D eigenvalue weighted by molar-refractivity contribution is 6.09. The highest BCUT2D eigenvalue weighted by Crippen LogP contribution is 2.28. The first kappa shape index (κ1) is 27.5. The van der Waals surface area contributed by atoms with Crippen LogP contribution in [-0.2, 0) is 6.42 Å². The van der Waals surface area contributed by atoms with Crippen LogP contribution in [0.15, 0.2) is 121 Å². The van der Waals surface area contributed by atoms with Gasteiger partial charge >= 0.3 is 0 Å². The Hall–Kier alpha value is -5.62. The van der Waals surface area contributed by atoms with Crippen LogP contribution >= 0.6 is 0 Å². The van der Waals surface area contributed by atoms with Gasteiger partial charge in [0, 0.05) is 11.4 Å². The molecule has 0 aromatic heterocycles. The molecule has 6 rings (SSSR count). The predicted molar refractivity (Wildman–Crippen MR) is 173 cm³/mol. The lowest BCUT2D eigenvalue weighted by molar-refractivity contribution is 0.101. The first-order valence-electron chi connectivity index (χ1n) is 13.9. The number of methoxy groups -OCH3 is 2. The SMILES string of the molecule is COc1cc2ccccc2cc1C(=O)Nc1ccc(Cc2ccc(NC(=O)c3cc4ccccc4cc3OC)cc2)cc1. The van der Waals surface area contributed by atoms with Crippen molar-refractivity contribution in [2.75, 3.05) is 24.9 Å². The summed E-state index contributed by atoms with van der Waals surface area (Å²) < 4.78 is 11.0. The highest BCUT2D eigenvalue weighted by Gasteiger charge is 2.15. The van der Waals surface area contributed by atoms with Gasteiger partial charge in [0.1, 0.15) is 11.5 Å². The van der Waals surface area contributed by atoms with Crippen molar-refractivity contribution >= 4 is 44.7 Å². The van der Waals surface area contributed by atoms with Crippen molar-refractivity contribution < 1.29 is 19.1 Å². The van der Waals surface area contributed by atoms with Crippen LogP contribution in [0.3, 0.4) is 0 Å². The maximum absolute atomic E-state index is 13.1. The number of rotatable bonds is 8. The Bertz CT molecular complexity index is 1800. The zero-order valence-electron chi connectivity index (χ0n) is 23.9. The number of hydrogen-bond acceptors (Lipinski definition) is 4. The summed E-state index contributed by atoms with van der Waals surface area (Å²) in [4.78, 5) is 26.2. The molecule has 0 heterocycles. The van der Waals surface area contributed by atoms with Crippen molar-refractivity contribution in [2.45, 2.75) is 6.42 Å². The van der Waals surface area contributed by atoms with Gasteiger partial charge in [-0.05, 0) is 87.6 Å². The summed E-state index contributed by atoms with van der Waals surface area (Å²) in [7, 11) is 3.14. The van der Waals surface area contributed by atoms with E-state index >= 15 is 0 Å². The molecule has 2 N–H and O–H groups in total. The van der Waals surface area contributed by atoms with E-state index in [2.05, 4.69) is 10.6 Å². The van der Waals surface area contributed by atoms with E-state index in [0.29, 0.717) is 40.4 Å². The van der Waals surface area contributed by atoms with Gasteiger partial charge in [-0.1, -0.05) is 72.8 Å². The molecule has 0 bridgehead atoms. The Balaban J connectivity index is 1.10. The summed E-state index contributed by atoms with van der Waals surface area (Å²) in [6.45, 7) is 0. The molecule has 0 fully saturated rings. The van der Waals surface area contributed by atoms with E-state index in [1.807, 2.05) is 121 Å². The molecule has 2 amide bonds. The van der Waals surface area contributed by atoms with Gasteiger partial charge < -0.3 is 20.1 Å². The van der Waals surface area contributed by atoms with Crippen LogP contribution < -0.4 is 20.1 Å². The van der Waals surface area contributed by atoms with E-state index in [-0.39, 0.29) is 11.8 Å². The van der Waals surface area contributed by atoms with Crippen LogP contribution in [0.1, 0.15) is 31.8 Å². The molecular weight excluding hydrogens is 536 g/mol. The number of benzene rings is 6. The monoisotopic (exact) mass is 566 g/mol. The third kappa shape index (κ3) is 6.04. The van der Waals surface area contributed by atoms with Crippen molar-refractivity contribution in [3.63, 3.8) is 0 Å². The van der Waals surface area contributed by atoms with Crippen molar-refractivity contribution in [3.05, 3.63) is 144 Å². The second-order valence-corrected chi connectivity index (χ2v) is 10.3. The minimum Gasteiger partial charge on any atom is -0.496 e. The lowest BCUT2D eigenvalue weighted by Crippen LogP contribution is -2.13. The average molecular weight is 567 g/mol. The number of ether oxygens (including phenoxy) is 2. The van der Waals surface area contributed by atoms with Crippen LogP contribution in [0.25, 0.3) is 21.5 Å². The van der Waals surface area contributed by atoms with Crippen LogP contribution in [0.5, 0.6) is 11.5 Å². The third-order valence-electron chi connectivity index (χ3n) is 7.46. The van der Waals surface area contributed by atoms with E-state index in [4.69, 9.17) is 9.47 Å². The number of anilines is 2. The van der Waals surface area contributed by atoms with E-state index < -0.39 is 0 Å². The highest BCUT2D eigenvalue weighted by atomic mass is 16.5. The Morgan fingerprint density at radius 1 is 0.512 bits per heavy atom. The minimum absolute atomic E-state index is 0.228. The quantitative estimate of drug-likeness (QED) is 0.195. The Morgan fingerprint density at radius 3 is 1.21 bits per heavy atom. The molecule has 6 aromatic rings. The first-order chi connectivity index (χ1) is 21.0. The fourth-order valence-corrected chi connectivity index (χ4v) is 5.18. The van der Waals surface area contributed by atoms with Gasteiger partial charge in [0.25, 0.3) is 11.8 Å². The summed E-state index contributed by atoms with van der Waals surface area (Å²) >= 11 is 0. The molecule has 6 nitrogen and oxygen atoms in total. The van der Waals surface area contributed by atoms with Crippen molar-refractivity contribution in [3.8, 4) is 11.5 Å². The Morgan fingerprint density at radius 2 is 0.860 bits per heavy atom. The fourth-order valence-electron chi connectivity index (χ4n) is 5.18. The molecular formula is C37H30N2O4. The molecule has 0 radical (unpaired) electrons. The van der Waals surface area contributed by atoms with E-state index in [0.717, 1.165) is 32.7 Å². The molecule has 0 unspecified atom stereocenters. The van der Waals surface area contributed by atoms with Gasteiger partial charge in [0.05, 0.1) is 25.3 Å². The summed E-state index contributed by atoms with van der Waals surface area (Å²) in [5, 5.41) is 9.93. The van der Waals surface area contributed by atoms with Crippen LogP contribution in [0.4, 0.5) is 11.4 Å². The molecule has 6 aromatic carbocycles. The van der Waals surface area contributed by atoms with Gasteiger partial charge in [0.15, 0.2) is 0 Å². The van der Waals surface area contributed by atoms with Gasteiger partial charge in [0.2, 0.25) is 0 Å². The number of nitrogens with one attached hydrogen (secondary N) is 2. The summed E-state index contributed by atoms with van der Waals surface area (Å²) in [5.41, 5.74) is 4.56. The Kier molecular flexibility index (Phi) is 7.74. The maximum atomic E-state index is 13.1. The summed E-state index contributed by atoms with van der Waals surface area (Å²) in [6, 6.07) is 38.8.